The number of hydrogen-bond donors (Lipinski definition) is 0. The summed E-state index contributed by atoms with van der Waals surface area (Å²) in [5.74, 6) is -1.07. The molecule has 0 aromatic heterocycles. The van der Waals surface area contributed by atoms with E-state index in [1.165, 1.54) is 21.0 Å². The maximum atomic E-state index is 11.9. The van der Waals surface area contributed by atoms with Crippen LogP contribution >= 0.6 is 0 Å². The van der Waals surface area contributed by atoms with E-state index in [0.29, 0.717) is 19.4 Å². The number of nitrogens with zero attached hydrogens (tertiary/aromatic N) is 1. The second-order valence-electron chi connectivity index (χ2n) is 6.69. The number of likely N-dealkylation sites (tertiary alicyclic amines) is 1. The Morgan fingerprint density at radius 3 is 2.37 bits per heavy atom. The summed E-state index contributed by atoms with van der Waals surface area (Å²) >= 11 is 0. The van der Waals surface area contributed by atoms with Gasteiger partial charge in [-0.2, -0.15) is 0 Å². The summed E-state index contributed by atoms with van der Waals surface area (Å²) in [6.07, 6.45) is 1.10. The third-order valence-electron chi connectivity index (χ3n) is 4.72. The van der Waals surface area contributed by atoms with Crippen LogP contribution in [0.5, 0.6) is 0 Å². The zero-order valence-corrected chi connectivity index (χ0v) is 16.1. The Morgan fingerprint density at radius 1 is 1.07 bits per heavy atom. The Morgan fingerprint density at radius 2 is 1.78 bits per heavy atom. The Labute approximate surface area is 159 Å². The molecule has 0 amide bonds. The molecule has 1 aromatic rings. The minimum absolute atomic E-state index is 0.0926. The molecule has 1 aliphatic heterocycles. The highest BCUT2D eigenvalue weighted by molar-refractivity contribution is 5.70. The van der Waals surface area contributed by atoms with Gasteiger partial charge in [-0.15, -0.1) is 0 Å². The summed E-state index contributed by atoms with van der Waals surface area (Å²) in [6.45, 7) is 3.35. The van der Waals surface area contributed by atoms with E-state index < -0.39 is 12.1 Å². The van der Waals surface area contributed by atoms with E-state index >= 15 is 0 Å². The molecule has 1 aromatic carbocycles. The zero-order chi connectivity index (χ0) is 19.8. The SMILES string of the molecule is COC(=O)C[C@H]1CC[C@@H](OC(C)=O)[C@H](COC(C)=O)N1Cc1ccccc1. The van der Waals surface area contributed by atoms with E-state index in [-0.39, 0.29) is 37.0 Å². The van der Waals surface area contributed by atoms with E-state index in [4.69, 9.17) is 14.2 Å². The molecular weight excluding hydrogens is 350 g/mol. The molecule has 0 radical (unpaired) electrons. The fraction of sp³-hybridized carbons (Fsp3) is 0.550. The predicted octanol–water partition coefficient (Wildman–Crippen LogP) is 2.08. The minimum atomic E-state index is -0.403. The van der Waals surface area contributed by atoms with Gasteiger partial charge >= 0.3 is 17.9 Å². The Hall–Kier alpha value is -2.41. The van der Waals surface area contributed by atoms with Gasteiger partial charge < -0.3 is 14.2 Å². The van der Waals surface area contributed by atoms with Crippen molar-refractivity contribution in [3.8, 4) is 0 Å². The van der Waals surface area contributed by atoms with Crippen LogP contribution < -0.4 is 0 Å². The maximum Gasteiger partial charge on any atom is 0.307 e. The first-order valence-corrected chi connectivity index (χ1v) is 9.07. The number of hydrogen-bond acceptors (Lipinski definition) is 7. The van der Waals surface area contributed by atoms with Crippen molar-refractivity contribution < 1.29 is 28.6 Å². The van der Waals surface area contributed by atoms with Crippen LogP contribution in [0.4, 0.5) is 0 Å². The maximum absolute atomic E-state index is 11.9. The standard InChI is InChI=1S/C20H27NO6/c1-14(22)26-13-18-19(27-15(2)23)10-9-17(11-20(24)25-3)21(18)12-16-7-5-4-6-8-16/h4-8,17-19H,9-13H2,1-3H3/t17-,18+,19-/m1/s1. The van der Waals surface area contributed by atoms with Crippen LogP contribution in [0.3, 0.4) is 0 Å². The summed E-state index contributed by atoms with van der Waals surface area (Å²) in [5, 5.41) is 0. The van der Waals surface area contributed by atoms with Crippen molar-refractivity contribution in [1.29, 1.82) is 0 Å². The summed E-state index contributed by atoms with van der Waals surface area (Å²) in [7, 11) is 1.37. The van der Waals surface area contributed by atoms with Gasteiger partial charge in [-0.05, 0) is 18.4 Å². The van der Waals surface area contributed by atoms with Crippen molar-refractivity contribution >= 4 is 17.9 Å². The highest BCUT2D eigenvalue weighted by atomic mass is 16.6. The van der Waals surface area contributed by atoms with Gasteiger partial charge in [0.25, 0.3) is 0 Å². The molecular formula is C20H27NO6. The van der Waals surface area contributed by atoms with Crippen molar-refractivity contribution in [2.24, 2.45) is 0 Å². The Balaban J connectivity index is 2.28. The summed E-state index contributed by atoms with van der Waals surface area (Å²) < 4.78 is 15.6. The molecule has 0 saturated carbocycles. The number of carbonyl (C=O) groups excluding carboxylic acids is 3. The molecule has 0 spiro atoms. The molecule has 0 aliphatic carbocycles. The largest absolute Gasteiger partial charge is 0.469 e. The molecule has 0 bridgehead atoms. The quantitative estimate of drug-likeness (QED) is 0.531. The molecule has 2 rings (SSSR count). The van der Waals surface area contributed by atoms with Gasteiger partial charge in [0.05, 0.1) is 19.6 Å². The molecule has 1 aliphatic rings. The van der Waals surface area contributed by atoms with Gasteiger partial charge in [0.1, 0.15) is 12.7 Å². The average molecular weight is 377 g/mol. The number of ether oxygens (including phenoxy) is 3. The fourth-order valence-electron chi connectivity index (χ4n) is 3.49. The van der Waals surface area contributed by atoms with Crippen LogP contribution in [0.2, 0.25) is 0 Å². The normalized spacial score (nSPS) is 22.7. The molecule has 1 saturated heterocycles. The number of piperidine rings is 1. The third-order valence-corrected chi connectivity index (χ3v) is 4.72. The molecule has 7 heteroatoms. The second-order valence-corrected chi connectivity index (χ2v) is 6.69. The van der Waals surface area contributed by atoms with Crippen molar-refractivity contribution in [2.75, 3.05) is 13.7 Å². The smallest absolute Gasteiger partial charge is 0.307 e. The van der Waals surface area contributed by atoms with Gasteiger partial charge in [-0.3, -0.25) is 19.3 Å². The lowest BCUT2D eigenvalue weighted by molar-refractivity contribution is -0.163. The lowest BCUT2D eigenvalue weighted by Gasteiger charge is -2.45. The van der Waals surface area contributed by atoms with Gasteiger partial charge in [0.2, 0.25) is 0 Å². The minimum Gasteiger partial charge on any atom is -0.469 e. The van der Waals surface area contributed by atoms with Crippen molar-refractivity contribution in [3.63, 3.8) is 0 Å². The lowest BCUT2D eigenvalue weighted by Crippen LogP contribution is -2.56. The van der Waals surface area contributed by atoms with Gasteiger partial charge in [-0.1, -0.05) is 30.3 Å². The van der Waals surface area contributed by atoms with E-state index in [0.717, 1.165) is 5.56 Å². The summed E-state index contributed by atoms with van der Waals surface area (Å²) in [5.41, 5.74) is 1.06. The highest BCUT2D eigenvalue weighted by Crippen LogP contribution is 2.30. The zero-order valence-electron chi connectivity index (χ0n) is 16.1. The van der Waals surface area contributed by atoms with Crippen molar-refractivity contribution in [1.82, 2.24) is 4.90 Å². The fourth-order valence-corrected chi connectivity index (χ4v) is 3.49. The number of methoxy groups -OCH3 is 1. The highest BCUT2D eigenvalue weighted by Gasteiger charge is 2.40. The molecule has 3 atom stereocenters. The first kappa shape index (κ1) is 20.9. The number of carbonyl (C=O) groups is 3. The van der Waals surface area contributed by atoms with Crippen LogP contribution in [0.25, 0.3) is 0 Å². The predicted molar refractivity (Wildman–Crippen MR) is 97.6 cm³/mol. The number of benzene rings is 1. The first-order chi connectivity index (χ1) is 12.9. The second kappa shape index (κ2) is 10.1. The molecule has 0 unspecified atom stereocenters. The number of rotatable bonds is 7. The Kier molecular flexibility index (Phi) is 7.79. The third kappa shape index (κ3) is 6.36. The van der Waals surface area contributed by atoms with E-state index in [1.807, 2.05) is 30.3 Å². The van der Waals surface area contributed by atoms with Crippen LogP contribution in [-0.2, 0) is 35.1 Å². The summed E-state index contributed by atoms with van der Waals surface area (Å²) in [4.78, 5) is 36.9. The van der Waals surface area contributed by atoms with Crippen LogP contribution in [0.1, 0.15) is 38.7 Å². The van der Waals surface area contributed by atoms with Crippen LogP contribution in [0, 0.1) is 0 Å². The molecule has 1 heterocycles. The molecule has 27 heavy (non-hydrogen) atoms. The molecule has 1 fully saturated rings. The average Bonchev–Trinajstić information content (AvgIpc) is 2.63. The van der Waals surface area contributed by atoms with Crippen molar-refractivity contribution in [3.05, 3.63) is 35.9 Å². The van der Waals surface area contributed by atoms with Crippen LogP contribution in [0.15, 0.2) is 30.3 Å². The number of esters is 3. The van der Waals surface area contributed by atoms with E-state index in [2.05, 4.69) is 4.90 Å². The lowest BCUT2D eigenvalue weighted by atomic mass is 9.90. The van der Waals surface area contributed by atoms with Gasteiger partial charge in [0, 0.05) is 26.4 Å². The Bertz CT molecular complexity index is 647. The van der Waals surface area contributed by atoms with Gasteiger partial charge in [0.15, 0.2) is 0 Å². The summed E-state index contributed by atoms with van der Waals surface area (Å²) in [6, 6.07) is 9.38. The van der Waals surface area contributed by atoms with Crippen LogP contribution in [-0.4, -0.2) is 54.7 Å². The van der Waals surface area contributed by atoms with Gasteiger partial charge in [-0.25, -0.2) is 0 Å². The van der Waals surface area contributed by atoms with Crippen molar-refractivity contribution in [2.45, 2.75) is 57.8 Å². The topological polar surface area (TPSA) is 82.1 Å². The van der Waals surface area contributed by atoms with E-state index in [9.17, 15) is 14.4 Å². The first-order valence-electron chi connectivity index (χ1n) is 9.07. The molecule has 7 nitrogen and oxygen atoms in total. The van der Waals surface area contributed by atoms with E-state index in [1.54, 1.807) is 0 Å². The monoisotopic (exact) mass is 377 g/mol. The molecule has 148 valence electrons. The molecule has 0 N–H and O–H groups in total.